The third-order valence-electron chi connectivity index (χ3n) is 4.50. The van der Waals surface area contributed by atoms with Crippen molar-refractivity contribution in [1.82, 2.24) is 0 Å². The van der Waals surface area contributed by atoms with Gasteiger partial charge in [0.15, 0.2) is 0 Å². The van der Waals surface area contributed by atoms with Crippen molar-refractivity contribution in [2.24, 2.45) is 4.99 Å². The predicted octanol–water partition coefficient (Wildman–Crippen LogP) is 7.13. The molecule has 1 heterocycles. The summed E-state index contributed by atoms with van der Waals surface area (Å²) in [6.07, 6.45) is 1.74. The minimum atomic E-state index is -0.365. The Morgan fingerprint density at radius 3 is 2.39 bits per heavy atom. The molecule has 0 bridgehead atoms. The minimum absolute atomic E-state index is 0.310. The van der Waals surface area contributed by atoms with Crippen molar-refractivity contribution in [2.75, 3.05) is 6.61 Å². The van der Waals surface area contributed by atoms with Crippen LogP contribution in [0.15, 0.2) is 95.3 Å². The van der Waals surface area contributed by atoms with Gasteiger partial charge in [-0.25, -0.2) is 9.79 Å². The molecule has 0 saturated carbocycles. The maximum atomic E-state index is 12.7. The fourth-order valence-corrected chi connectivity index (χ4v) is 4.00. The van der Waals surface area contributed by atoms with Crippen molar-refractivity contribution in [3.63, 3.8) is 0 Å². The summed E-state index contributed by atoms with van der Waals surface area (Å²) in [6, 6.07) is 27.1. The number of aliphatic imine (C=N–C) groups is 1. The fraction of sp³-hybridized carbons (Fsp3) is 0.0769. The van der Waals surface area contributed by atoms with Gasteiger partial charge < -0.3 is 9.47 Å². The Morgan fingerprint density at radius 1 is 0.935 bits per heavy atom. The number of thiophene rings is 1. The Bertz CT molecular complexity index is 1180. The van der Waals surface area contributed by atoms with E-state index in [1.807, 2.05) is 90.3 Å². The molecule has 0 aliphatic heterocycles. The third kappa shape index (κ3) is 5.08. The van der Waals surface area contributed by atoms with Crippen LogP contribution in [0.5, 0.6) is 11.5 Å². The van der Waals surface area contributed by atoms with Gasteiger partial charge in [-0.2, -0.15) is 0 Å². The van der Waals surface area contributed by atoms with E-state index in [1.54, 1.807) is 13.1 Å². The number of benzene rings is 3. The average Bonchev–Trinajstić information content (AvgIpc) is 3.24. The molecule has 4 aromatic rings. The van der Waals surface area contributed by atoms with E-state index in [0.717, 1.165) is 28.2 Å². The third-order valence-corrected chi connectivity index (χ3v) is 5.39. The molecule has 1 aromatic heterocycles. The van der Waals surface area contributed by atoms with Crippen molar-refractivity contribution >= 4 is 28.5 Å². The zero-order valence-corrected chi connectivity index (χ0v) is 17.8. The number of para-hydroxylation sites is 1. The summed E-state index contributed by atoms with van der Waals surface area (Å²) in [5.41, 5.74) is 3.16. The van der Waals surface area contributed by atoms with Crippen LogP contribution in [0.1, 0.15) is 22.8 Å². The van der Waals surface area contributed by atoms with E-state index in [4.69, 9.17) is 9.47 Å². The van der Waals surface area contributed by atoms with Crippen LogP contribution in [-0.4, -0.2) is 18.8 Å². The first kappa shape index (κ1) is 20.6. The summed E-state index contributed by atoms with van der Waals surface area (Å²) in [4.78, 5) is 17.3. The molecular formula is C26H21NO3S. The van der Waals surface area contributed by atoms with E-state index in [0.29, 0.717) is 17.2 Å². The van der Waals surface area contributed by atoms with E-state index in [9.17, 15) is 4.79 Å². The van der Waals surface area contributed by atoms with E-state index in [2.05, 4.69) is 4.99 Å². The second kappa shape index (κ2) is 9.87. The van der Waals surface area contributed by atoms with Crippen LogP contribution in [0.25, 0.3) is 11.1 Å². The number of hydrogen-bond acceptors (Lipinski definition) is 5. The normalized spacial score (nSPS) is 10.9. The lowest BCUT2D eigenvalue weighted by Crippen LogP contribution is -2.05. The van der Waals surface area contributed by atoms with Gasteiger partial charge in [0.25, 0.3) is 0 Å². The summed E-state index contributed by atoms with van der Waals surface area (Å²) in [6.45, 7) is 2.11. The molecule has 4 rings (SSSR count). The number of ether oxygens (including phenoxy) is 2. The van der Waals surface area contributed by atoms with Gasteiger partial charge >= 0.3 is 5.97 Å². The van der Waals surface area contributed by atoms with Crippen molar-refractivity contribution in [3.8, 4) is 22.6 Å². The van der Waals surface area contributed by atoms with Gasteiger partial charge in [0.05, 0.1) is 6.61 Å². The first-order valence-corrected chi connectivity index (χ1v) is 10.8. The second-order valence-corrected chi connectivity index (χ2v) is 7.52. The topological polar surface area (TPSA) is 47.9 Å². The van der Waals surface area contributed by atoms with Crippen molar-refractivity contribution < 1.29 is 14.3 Å². The molecule has 0 spiro atoms. The Morgan fingerprint density at radius 2 is 1.65 bits per heavy atom. The summed E-state index contributed by atoms with van der Waals surface area (Å²) >= 11 is 1.42. The molecule has 0 fully saturated rings. The molecule has 0 amide bonds. The summed E-state index contributed by atoms with van der Waals surface area (Å²) in [5, 5.41) is 2.56. The van der Waals surface area contributed by atoms with Crippen molar-refractivity contribution in [3.05, 3.63) is 101 Å². The molecule has 5 heteroatoms. The van der Waals surface area contributed by atoms with Gasteiger partial charge in [-0.05, 0) is 42.3 Å². The summed E-state index contributed by atoms with van der Waals surface area (Å²) < 4.78 is 11.2. The van der Waals surface area contributed by atoms with E-state index in [-0.39, 0.29) is 5.97 Å². The van der Waals surface area contributed by atoms with Crippen molar-refractivity contribution in [1.29, 1.82) is 0 Å². The van der Waals surface area contributed by atoms with E-state index < -0.39 is 0 Å². The maximum Gasteiger partial charge on any atom is 0.341 e. The van der Waals surface area contributed by atoms with Gasteiger partial charge in [-0.3, -0.25) is 0 Å². The average molecular weight is 428 g/mol. The zero-order chi connectivity index (χ0) is 21.5. The largest absolute Gasteiger partial charge is 0.462 e. The van der Waals surface area contributed by atoms with Crippen molar-refractivity contribution in [2.45, 2.75) is 6.92 Å². The summed E-state index contributed by atoms with van der Waals surface area (Å²) in [5.74, 6) is 1.12. The Balaban J connectivity index is 1.62. The monoisotopic (exact) mass is 427 g/mol. The lowest BCUT2D eigenvalue weighted by atomic mass is 10.0. The molecule has 3 aromatic carbocycles. The lowest BCUT2D eigenvalue weighted by molar-refractivity contribution is 0.0529. The van der Waals surface area contributed by atoms with Crippen LogP contribution in [0.3, 0.4) is 0 Å². The number of carbonyl (C=O) groups excluding carboxylic acids is 1. The zero-order valence-electron chi connectivity index (χ0n) is 17.0. The van der Waals surface area contributed by atoms with Crippen LogP contribution in [0, 0.1) is 0 Å². The van der Waals surface area contributed by atoms with Crippen LogP contribution in [0.4, 0.5) is 5.00 Å². The molecule has 0 radical (unpaired) electrons. The SMILES string of the molecule is CCOC(=O)c1c(-c2ccccc2)csc1N=Cc1cccc(Oc2ccccc2)c1. The smallest absolute Gasteiger partial charge is 0.341 e. The van der Waals surface area contributed by atoms with Gasteiger partial charge in [0.1, 0.15) is 22.1 Å². The number of hydrogen-bond donors (Lipinski definition) is 0. The van der Waals surface area contributed by atoms with E-state index >= 15 is 0 Å². The highest BCUT2D eigenvalue weighted by molar-refractivity contribution is 7.14. The molecular weight excluding hydrogens is 406 g/mol. The number of esters is 1. The van der Waals surface area contributed by atoms with E-state index in [1.165, 1.54) is 11.3 Å². The van der Waals surface area contributed by atoms with Gasteiger partial charge in [0.2, 0.25) is 0 Å². The molecule has 0 saturated heterocycles. The molecule has 4 nitrogen and oxygen atoms in total. The molecule has 154 valence electrons. The molecule has 0 N–H and O–H groups in total. The van der Waals surface area contributed by atoms with Crippen LogP contribution >= 0.6 is 11.3 Å². The Labute approximate surface area is 185 Å². The first-order chi connectivity index (χ1) is 15.2. The highest BCUT2D eigenvalue weighted by Gasteiger charge is 2.21. The highest BCUT2D eigenvalue weighted by atomic mass is 32.1. The molecule has 31 heavy (non-hydrogen) atoms. The van der Waals surface area contributed by atoms with Gasteiger partial charge in [-0.1, -0.05) is 60.7 Å². The minimum Gasteiger partial charge on any atom is -0.462 e. The maximum absolute atomic E-state index is 12.7. The Kier molecular flexibility index (Phi) is 6.55. The van der Waals surface area contributed by atoms with Gasteiger partial charge in [0, 0.05) is 17.2 Å². The molecule has 0 unspecified atom stereocenters. The number of rotatable bonds is 7. The fourth-order valence-electron chi connectivity index (χ4n) is 3.09. The first-order valence-electron chi connectivity index (χ1n) is 9.95. The number of nitrogens with zero attached hydrogens (tertiary/aromatic N) is 1. The molecule has 0 aliphatic carbocycles. The molecule has 0 aliphatic rings. The van der Waals surface area contributed by atoms with Crippen LogP contribution in [-0.2, 0) is 4.74 Å². The van der Waals surface area contributed by atoms with Crippen LogP contribution < -0.4 is 4.74 Å². The van der Waals surface area contributed by atoms with Crippen LogP contribution in [0.2, 0.25) is 0 Å². The molecule has 0 atom stereocenters. The van der Waals surface area contributed by atoms with Gasteiger partial charge in [-0.15, -0.1) is 11.3 Å². The second-order valence-electron chi connectivity index (χ2n) is 6.66. The number of carbonyl (C=O) groups is 1. The standard InChI is InChI=1S/C26H21NO3S/c1-2-29-26(28)24-23(20-11-5-3-6-12-20)18-31-25(24)27-17-19-10-9-15-22(16-19)30-21-13-7-4-8-14-21/h3-18H,2H2,1H3. The Hall–Kier alpha value is -3.70. The summed E-state index contributed by atoms with van der Waals surface area (Å²) in [7, 11) is 0. The highest BCUT2D eigenvalue weighted by Crippen LogP contribution is 2.38. The lowest BCUT2D eigenvalue weighted by Gasteiger charge is -2.06. The quantitative estimate of drug-likeness (QED) is 0.233. The predicted molar refractivity (Wildman–Crippen MR) is 126 cm³/mol.